The van der Waals surface area contributed by atoms with Crippen molar-refractivity contribution in [3.63, 3.8) is 0 Å². The van der Waals surface area contributed by atoms with Gasteiger partial charge in [0.15, 0.2) is 24.5 Å². The zero-order valence-electron chi connectivity index (χ0n) is 16.7. The molecule has 29 heavy (non-hydrogen) atoms. The molecule has 2 aromatic rings. The summed E-state index contributed by atoms with van der Waals surface area (Å²) in [4.78, 5) is 12.4. The standard InChI is InChI=1S/C20H24N2O5S2/c1-14(2)22-19(23)21-13-20(22,29(4,26)27)17-9-5-7-15(11-17)16-8-6-10-18(12-16)28(3,24)25/h5-12,14H,13H2,1-4H3,(H,21,23). The van der Waals surface area contributed by atoms with Crippen LogP contribution in [0.5, 0.6) is 0 Å². The van der Waals surface area contributed by atoms with Gasteiger partial charge in [-0.05, 0) is 48.7 Å². The minimum atomic E-state index is -3.73. The highest BCUT2D eigenvalue weighted by atomic mass is 32.2. The maximum Gasteiger partial charge on any atom is 0.319 e. The lowest BCUT2D eigenvalue weighted by atomic mass is 9.98. The number of hydrogen-bond acceptors (Lipinski definition) is 5. The number of carbonyl (C=O) groups excluding carboxylic acids is 1. The molecule has 0 aliphatic carbocycles. The van der Waals surface area contributed by atoms with Crippen molar-refractivity contribution in [2.45, 2.75) is 29.7 Å². The van der Waals surface area contributed by atoms with Crippen molar-refractivity contribution in [2.24, 2.45) is 0 Å². The number of urea groups is 1. The summed E-state index contributed by atoms with van der Waals surface area (Å²) < 4.78 is 49.7. The van der Waals surface area contributed by atoms with Crippen molar-refractivity contribution in [1.29, 1.82) is 0 Å². The van der Waals surface area contributed by atoms with E-state index in [-0.39, 0.29) is 17.5 Å². The number of hydrogen-bond donors (Lipinski definition) is 1. The normalized spacial score (nSPS) is 20.2. The second-order valence-corrected chi connectivity index (χ2v) is 11.8. The molecule has 0 radical (unpaired) electrons. The molecule has 2 amide bonds. The van der Waals surface area contributed by atoms with E-state index in [0.717, 1.165) is 12.5 Å². The third-order valence-corrected chi connectivity index (χ3v) is 8.04. The van der Waals surface area contributed by atoms with Gasteiger partial charge in [-0.15, -0.1) is 0 Å². The van der Waals surface area contributed by atoms with Crippen LogP contribution in [0.1, 0.15) is 19.4 Å². The lowest BCUT2D eigenvalue weighted by Gasteiger charge is -2.38. The summed E-state index contributed by atoms with van der Waals surface area (Å²) in [6.07, 6.45) is 2.26. The van der Waals surface area contributed by atoms with E-state index in [2.05, 4.69) is 5.32 Å². The Labute approximate surface area is 171 Å². The lowest BCUT2D eigenvalue weighted by molar-refractivity contribution is 0.171. The number of nitrogens with one attached hydrogen (secondary N) is 1. The number of rotatable bonds is 5. The van der Waals surface area contributed by atoms with Gasteiger partial charge in [0, 0.05) is 18.6 Å². The smallest absolute Gasteiger partial charge is 0.319 e. The van der Waals surface area contributed by atoms with E-state index in [1.54, 1.807) is 56.3 Å². The van der Waals surface area contributed by atoms with Crippen molar-refractivity contribution in [3.05, 3.63) is 54.1 Å². The van der Waals surface area contributed by atoms with Crippen molar-refractivity contribution < 1.29 is 21.6 Å². The monoisotopic (exact) mass is 436 g/mol. The molecule has 3 rings (SSSR count). The lowest BCUT2D eigenvalue weighted by Crippen LogP contribution is -2.53. The molecule has 9 heteroatoms. The minimum Gasteiger partial charge on any atom is -0.334 e. The average Bonchev–Trinajstić information content (AvgIpc) is 3.00. The fourth-order valence-electron chi connectivity index (χ4n) is 3.79. The van der Waals surface area contributed by atoms with Gasteiger partial charge in [-0.3, -0.25) is 4.90 Å². The molecule has 1 saturated heterocycles. The molecular formula is C20H24N2O5S2. The average molecular weight is 437 g/mol. The fourth-order valence-corrected chi connectivity index (χ4v) is 6.00. The van der Waals surface area contributed by atoms with Crippen LogP contribution >= 0.6 is 0 Å². The number of benzene rings is 2. The molecule has 0 bridgehead atoms. The molecule has 1 N–H and O–H groups in total. The Hall–Kier alpha value is -2.39. The van der Waals surface area contributed by atoms with Gasteiger partial charge in [-0.1, -0.05) is 30.3 Å². The summed E-state index contributed by atoms with van der Waals surface area (Å²) in [6, 6.07) is 12.6. The van der Waals surface area contributed by atoms with Crippen molar-refractivity contribution >= 4 is 25.7 Å². The van der Waals surface area contributed by atoms with Gasteiger partial charge in [0.2, 0.25) is 0 Å². The van der Waals surface area contributed by atoms with Crippen LogP contribution in [0.15, 0.2) is 53.4 Å². The van der Waals surface area contributed by atoms with E-state index >= 15 is 0 Å². The third kappa shape index (κ3) is 3.64. The molecule has 0 spiro atoms. The Bertz CT molecular complexity index is 1170. The van der Waals surface area contributed by atoms with Crippen LogP contribution in [0.25, 0.3) is 11.1 Å². The van der Waals surface area contributed by atoms with Gasteiger partial charge in [0.1, 0.15) is 0 Å². The summed E-state index contributed by atoms with van der Waals surface area (Å²) in [7, 11) is -7.11. The first-order valence-corrected chi connectivity index (χ1v) is 12.8. The number of amides is 2. The van der Waals surface area contributed by atoms with Crippen molar-refractivity contribution in [3.8, 4) is 11.1 Å². The van der Waals surface area contributed by atoms with Crippen LogP contribution in [0, 0.1) is 0 Å². The maximum absolute atomic E-state index is 12.9. The quantitative estimate of drug-likeness (QED) is 0.776. The molecule has 0 saturated carbocycles. The molecule has 156 valence electrons. The van der Waals surface area contributed by atoms with Crippen LogP contribution in [-0.2, 0) is 24.5 Å². The van der Waals surface area contributed by atoms with Crippen LogP contribution in [0.2, 0.25) is 0 Å². The molecule has 1 aliphatic heterocycles. The molecule has 1 fully saturated rings. The summed E-state index contributed by atoms with van der Waals surface area (Å²) in [5.74, 6) is 0. The van der Waals surface area contributed by atoms with Gasteiger partial charge < -0.3 is 5.32 Å². The van der Waals surface area contributed by atoms with Gasteiger partial charge in [-0.25, -0.2) is 21.6 Å². The highest BCUT2D eigenvalue weighted by Crippen LogP contribution is 2.40. The first-order chi connectivity index (χ1) is 13.4. The Morgan fingerprint density at radius 1 is 0.966 bits per heavy atom. The van der Waals surface area contributed by atoms with E-state index in [1.165, 1.54) is 11.0 Å². The van der Waals surface area contributed by atoms with Crippen molar-refractivity contribution in [2.75, 3.05) is 19.1 Å². The molecular weight excluding hydrogens is 412 g/mol. The van der Waals surface area contributed by atoms with Gasteiger partial charge in [0.25, 0.3) is 0 Å². The first kappa shape index (κ1) is 21.3. The second kappa shape index (κ2) is 7.14. The van der Waals surface area contributed by atoms with E-state index in [9.17, 15) is 21.6 Å². The first-order valence-electron chi connectivity index (χ1n) is 9.06. The molecule has 1 aliphatic rings. The summed E-state index contributed by atoms with van der Waals surface area (Å²) in [5, 5.41) is 2.66. The van der Waals surface area contributed by atoms with Crippen LogP contribution < -0.4 is 5.32 Å². The zero-order chi connectivity index (χ0) is 21.6. The number of sulfone groups is 2. The summed E-state index contributed by atoms with van der Waals surface area (Å²) in [5.41, 5.74) is 1.76. The Balaban J connectivity index is 2.21. The molecule has 1 heterocycles. The molecule has 0 aromatic heterocycles. The van der Waals surface area contributed by atoms with Gasteiger partial charge in [0.05, 0.1) is 11.4 Å². The Morgan fingerprint density at radius 3 is 2.10 bits per heavy atom. The van der Waals surface area contributed by atoms with Crippen molar-refractivity contribution in [1.82, 2.24) is 10.2 Å². The van der Waals surface area contributed by atoms with Gasteiger partial charge >= 0.3 is 6.03 Å². The van der Waals surface area contributed by atoms with Crippen LogP contribution in [-0.4, -0.2) is 52.9 Å². The number of carbonyl (C=O) groups is 1. The Morgan fingerprint density at radius 2 is 1.55 bits per heavy atom. The van der Waals surface area contributed by atoms with Crippen LogP contribution in [0.3, 0.4) is 0 Å². The largest absolute Gasteiger partial charge is 0.334 e. The fraction of sp³-hybridized carbons (Fsp3) is 0.350. The van der Waals surface area contributed by atoms with Gasteiger partial charge in [-0.2, -0.15) is 0 Å². The van der Waals surface area contributed by atoms with E-state index in [0.29, 0.717) is 16.7 Å². The van der Waals surface area contributed by atoms with Crippen LogP contribution in [0.4, 0.5) is 4.79 Å². The molecule has 7 nitrogen and oxygen atoms in total. The minimum absolute atomic E-state index is 0.0598. The molecule has 1 unspecified atom stereocenters. The SMILES string of the molecule is CC(C)N1C(=O)NCC1(c1cccc(-c2cccc(S(C)(=O)=O)c2)c1)S(C)(=O)=O. The van der Waals surface area contributed by atoms with E-state index in [4.69, 9.17) is 0 Å². The topological polar surface area (TPSA) is 101 Å². The highest BCUT2D eigenvalue weighted by molar-refractivity contribution is 7.91. The number of nitrogens with zero attached hydrogens (tertiary/aromatic N) is 1. The summed E-state index contributed by atoms with van der Waals surface area (Å²) >= 11 is 0. The predicted octanol–water partition coefficient (Wildman–Crippen LogP) is 2.39. The van der Waals surface area contributed by atoms with E-state index in [1.807, 2.05) is 0 Å². The zero-order valence-corrected chi connectivity index (χ0v) is 18.3. The predicted molar refractivity (Wildman–Crippen MR) is 112 cm³/mol. The summed E-state index contributed by atoms with van der Waals surface area (Å²) in [6.45, 7) is 3.48. The van der Waals surface area contributed by atoms with E-state index < -0.39 is 30.6 Å². The molecule has 2 aromatic carbocycles. The maximum atomic E-state index is 12.9. The molecule has 1 atom stereocenters. The second-order valence-electron chi connectivity index (χ2n) is 7.56. The third-order valence-electron chi connectivity index (χ3n) is 5.13. The Kier molecular flexibility index (Phi) is 5.25. The highest BCUT2D eigenvalue weighted by Gasteiger charge is 2.55.